The molecular formula is C17H21BrClNO. The molecule has 1 amide bonds. The molecule has 1 saturated carbocycles. The van der Waals surface area contributed by atoms with Crippen molar-refractivity contribution in [1.82, 2.24) is 0 Å². The van der Waals surface area contributed by atoms with Crippen LogP contribution in [-0.4, -0.2) is 16.8 Å². The number of nitrogens with zero attached hydrogens (tertiary/aromatic N) is 1. The summed E-state index contributed by atoms with van der Waals surface area (Å²) in [4.78, 5) is 14.7. The second-order valence-corrected chi connectivity index (χ2v) is 7.45. The molecule has 1 unspecified atom stereocenters. The molecule has 2 aliphatic rings. The molecule has 1 aromatic rings. The number of alkyl halides is 1. The Hall–Kier alpha value is -0.540. The summed E-state index contributed by atoms with van der Waals surface area (Å²) < 4.78 is 0. The van der Waals surface area contributed by atoms with Crippen molar-refractivity contribution >= 4 is 39.1 Å². The van der Waals surface area contributed by atoms with Gasteiger partial charge in [-0.1, -0.05) is 53.7 Å². The molecule has 1 spiro atoms. The molecule has 0 aromatic heterocycles. The molecular weight excluding hydrogens is 350 g/mol. The predicted octanol–water partition coefficient (Wildman–Crippen LogP) is 5.28. The van der Waals surface area contributed by atoms with Crippen LogP contribution in [0.2, 0.25) is 5.02 Å². The fraction of sp³-hybridized carbons (Fsp3) is 0.588. The molecule has 0 N–H and O–H groups in total. The van der Waals surface area contributed by atoms with Gasteiger partial charge in [0.1, 0.15) is 0 Å². The smallest absolute Gasteiger partial charge is 0.238 e. The molecule has 1 aliphatic carbocycles. The van der Waals surface area contributed by atoms with Gasteiger partial charge in [0.05, 0.1) is 5.33 Å². The van der Waals surface area contributed by atoms with E-state index in [0.717, 1.165) is 30.0 Å². The van der Waals surface area contributed by atoms with Gasteiger partial charge in [-0.15, -0.1) is 0 Å². The Kier molecular flexibility index (Phi) is 4.33. The van der Waals surface area contributed by atoms with Crippen molar-refractivity contribution in [3.63, 3.8) is 0 Å². The van der Waals surface area contributed by atoms with Crippen LogP contribution >= 0.6 is 27.5 Å². The number of anilines is 1. The second-order valence-electron chi connectivity index (χ2n) is 6.46. The van der Waals surface area contributed by atoms with Gasteiger partial charge in [0, 0.05) is 16.2 Å². The molecule has 1 aliphatic heterocycles. The van der Waals surface area contributed by atoms with Crippen molar-refractivity contribution in [2.24, 2.45) is 0 Å². The van der Waals surface area contributed by atoms with Crippen molar-refractivity contribution < 1.29 is 4.79 Å². The van der Waals surface area contributed by atoms with E-state index < -0.39 is 0 Å². The lowest BCUT2D eigenvalue weighted by molar-refractivity contribution is -0.117. The molecule has 0 radical (unpaired) electrons. The number of rotatable bonds is 1. The lowest BCUT2D eigenvalue weighted by atomic mass is 9.70. The van der Waals surface area contributed by atoms with E-state index in [-0.39, 0.29) is 11.4 Å². The molecule has 1 aromatic carbocycles. The van der Waals surface area contributed by atoms with Gasteiger partial charge in [-0.2, -0.15) is 0 Å². The lowest BCUT2D eigenvalue weighted by Gasteiger charge is -2.52. The first kappa shape index (κ1) is 15.4. The average molecular weight is 371 g/mol. The summed E-state index contributed by atoms with van der Waals surface area (Å²) in [5, 5.41) is 1.14. The highest BCUT2D eigenvalue weighted by Gasteiger charge is 2.46. The van der Waals surface area contributed by atoms with E-state index in [1.807, 2.05) is 18.2 Å². The standard InChI is InChI=1S/C17H21BrClNO/c1-12-10-17(7-3-2-4-8-17)20(16(21)11-18)15-6-5-13(19)9-14(12)15/h5-6,9,12H,2-4,7-8,10-11H2,1H3. The average Bonchev–Trinajstić information content (AvgIpc) is 2.48. The van der Waals surface area contributed by atoms with E-state index >= 15 is 0 Å². The van der Waals surface area contributed by atoms with Crippen LogP contribution in [0.4, 0.5) is 5.69 Å². The molecule has 3 rings (SSSR count). The number of halogens is 2. The Morgan fingerprint density at radius 1 is 1.38 bits per heavy atom. The van der Waals surface area contributed by atoms with E-state index in [1.54, 1.807) is 0 Å². The first-order valence-electron chi connectivity index (χ1n) is 7.76. The van der Waals surface area contributed by atoms with Crippen molar-refractivity contribution in [3.05, 3.63) is 28.8 Å². The van der Waals surface area contributed by atoms with Gasteiger partial charge in [-0.25, -0.2) is 0 Å². The fourth-order valence-electron chi connectivity index (χ4n) is 4.25. The van der Waals surface area contributed by atoms with Crippen LogP contribution in [0.15, 0.2) is 18.2 Å². The molecule has 0 saturated heterocycles. The van der Waals surface area contributed by atoms with Crippen LogP contribution in [-0.2, 0) is 4.79 Å². The predicted molar refractivity (Wildman–Crippen MR) is 91.6 cm³/mol. The lowest BCUT2D eigenvalue weighted by Crippen LogP contribution is -2.56. The van der Waals surface area contributed by atoms with Gasteiger partial charge < -0.3 is 4.90 Å². The summed E-state index contributed by atoms with van der Waals surface area (Å²) >= 11 is 9.53. The molecule has 2 nitrogen and oxygen atoms in total. The van der Waals surface area contributed by atoms with Gasteiger partial charge in [0.15, 0.2) is 0 Å². The highest BCUT2D eigenvalue weighted by Crippen LogP contribution is 2.50. The number of fused-ring (bicyclic) bond motifs is 1. The minimum absolute atomic E-state index is 0.0172. The summed E-state index contributed by atoms with van der Waals surface area (Å²) in [7, 11) is 0. The van der Waals surface area contributed by atoms with E-state index in [9.17, 15) is 4.79 Å². The number of carbonyl (C=O) groups is 1. The Labute approximate surface area is 140 Å². The molecule has 0 bridgehead atoms. The normalized spacial score (nSPS) is 24.0. The fourth-order valence-corrected chi connectivity index (χ4v) is 4.68. The number of benzene rings is 1. The maximum atomic E-state index is 12.6. The van der Waals surface area contributed by atoms with Gasteiger partial charge in [-0.05, 0) is 48.9 Å². The summed E-state index contributed by atoms with van der Waals surface area (Å²) in [5.74, 6) is 0.628. The monoisotopic (exact) mass is 369 g/mol. The van der Waals surface area contributed by atoms with Crippen molar-refractivity contribution in [3.8, 4) is 0 Å². The van der Waals surface area contributed by atoms with E-state index in [0.29, 0.717) is 11.2 Å². The summed E-state index contributed by atoms with van der Waals surface area (Å²) in [6.45, 7) is 2.27. The van der Waals surface area contributed by atoms with Crippen LogP contribution in [0.5, 0.6) is 0 Å². The number of amides is 1. The molecule has 4 heteroatoms. The first-order chi connectivity index (χ1) is 10.1. The third-order valence-corrected chi connectivity index (χ3v) is 5.78. The van der Waals surface area contributed by atoms with Gasteiger partial charge in [0.25, 0.3) is 0 Å². The van der Waals surface area contributed by atoms with Crippen LogP contribution in [0.3, 0.4) is 0 Å². The number of carbonyl (C=O) groups excluding carboxylic acids is 1. The number of hydrogen-bond donors (Lipinski definition) is 0. The molecule has 21 heavy (non-hydrogen) atoms. The summed E-state index contributed by atoms with van der Waals surface area (Å²) in [6.07, 6.45) is 7.04. The highest BCUT2D eigenvalue weighted by molar-refractivity contribution is 9.09. The zero-order valence-corrected chi connectivity index (χ0v) is 14.7. The zero-order chi connectivity index (χ0) is 15.0. The summed E-state index contributed by atoms with van der Waals surface area (Å²) in [6, 6.07) is 5.97. The SMILES string of the molecule is CC1CC2(CCCCC2)N(C(=O)CBr)c2ccc(Cl)cc21. The highest BCUT2D eigenvalue weighted by atomic mass is 79.9. The van der Waals surface area contributed by atoms with Crippen molar-refractivity contribution in [2.45, 2.75) is 56.9 Å². The third-order valence-electron chi connectivity index (χ3n) is 5.07. The minimum atomic E-state index is 0.0172. The maximum absolute atomic E-state index is 12.6. The summed E-state index contributed by atoms with van der Waals surface area (Å²) in [5.41, 5.74) is 2.31. The third kappa shape index (κ3) is 2.63. The van der Waals surface area contributed by atoms with Crippen LogP contribution in [0.1, 0.15) is 56.9 Å². The first-order valence-corrected chi connectivity index (χ1v) is 9.26. The van der Waals surface area contributed by atoms with Crippen LogP contribution in [0.25, 0.3) is 0 Å². The molecule has 1 heterocycles. The van der Waals surface area contributed by atoms with Crippen LogP contribution < -0.4 is 4.90 Å². The van der Waals surface area contributed by atoms with Gasteiger partial charge >= 0.3 is 0 Å². The molecule has 1 fully saturated rings. The maximum Gasteiger partial charge on any atom is 0.238 e. The van der Waals surface area contributed by atoms with E-state index in [4.69, 9.17) is 11.6 Å². The Morgan fingerprint density at radius 3 is 2.76 bits per heavy atom. The topological polar surface area (TPSA) is 20.3 Å². The quantitative estimate of drug-likeness (QED) is 0.616. The van der Waals surface area contributed by atoms with E-state index in [2.05, 4.69) is 27.8 Å². The molecule has 114 valence electrons. The number of hydrogen-bond acceptors (Lipinski definition) is 1. The largest absolute Gasteiger partial charge is 0.305 e. The zero-order valence-electron chi connectivity index (χ0n) is 12.4. The second kappa shape index (κ2) is 5.92. The van der Waals surface area contributed by atoms with E-state index in [1.165, 1.54) is 24.8 Å². The van der Waals surface area contributed by atoms with Gasteiger partial charge in [-0.3, -0.25) is 4.79 Å². The Morgan fingerprint density at radius 2 is 2.10 bits per heavy atom. The Balaban J connectivity index is 2.12. The van der Waals surface area contributed by atoms with Crippen molar-refractivity contribution in [2.75, 3.05) is 10.2 Å². The minimum Gasteiger partial charge on any atom is -0.305 e. The van der Waals surface area contributed by atoms with Gasteiger partial charge in [0.2, 0.25) is 5.91 Å². The van der Waals surface area contributed by atoms with Crippen LogP contribution in [0, 0.1) is 0 Å². The molecule has 1 atom stereocenters. The van der Waals surface area contributed by atoms with Crippen molar-refractivity contribution in [1.29, 1.82) is 0 Å². The Bertz CT molecular complexity index is 554.